The van der Waals surface area contributed by atoms with Crippen LogP contribution in [0, 0.1) is 0 Å². The van der Waals surface area contributed by atoms with Crippen molar-refractivity contribution in [2.24, 2.45) is 21.1 Å². The quantitative estimate of drug-likeness (QED) is 0.0500. The number of benzene rings is 3. The van der Waals surface area contributed by atoms with Crippen LogP contribution in [0.1, 0.15) is 156 Å². The summed E-state index contributed by atoms with van der Waals surface area (Å²) in [5, 5.41) is 16.8. The fourth-order valence-corrected chi connectivity index (χ4v) is 8.93. The van der Waals surface area contributed by atoms with Crippen LogP contribution in [0.25, 0.3) is 0 Å². The van der Waals surface area contributed by atoms with Crippen molar-refractivity contribution in [3.05, 3.63) is 155 Å². The lowest BCUT2D eigenvalue weighted by molar-refractivity contribution is 0.0938. The topological polar surface area (TPSA) is 126 Å². The number of Topliss-reactive ketones (excluding diaryl/α,β-unsaturated/α-hetero) is 2. The van der Waals surface area contributed by atoms with Crippen molar-refractivity contribution in [2.45, 2.75) is 131 Å². The number of carbonyl (C=O) groups excluding carboxylic acids is 3. The highest BCUT2D eigenvalue weighted by molar-refractivity contribution is 6.35. The van der Waals surface area contributed by atoms with Gasteiger partial charge in [0.15, 0.2) is 11.6 Å². The molecule has 16 heteroatoms. The number of amides is 1. The number of halogens is 5. The summed E-state index contributed by atoms with van der Waals surface area (Å²) in [6.45, 7) is 13.6. The molecule has 0 radical (unpaired) electrons. The van der Waals surface area contributed by atoms with E-state index in [1.165, 1.54) is 20.5 Å². The highest BCUT2D eigenvalue weighted by atomic mass is 35.5. The van der Waals surface area contributed by atoms with Crippen LogP contribution in [0.4, 0.5) is 8.78 Å². The Morgan fingerprint density at radius 2 is 1.00 bits per heavy atom. The van der Waals surface area contributed by atoms with Gasteiger partial charge in [-0.1, -0.05) is 149 Å². The highest BCUT2D eigenvalue weighted by Crippen LogP contribution is 2.26. The van der Waals surface area contributed by atoms with E-state index in [-0.39, 0.29) is 41.0 Å². The fraction of sp³-hybridized carbons (Fsp3) is 0.464. The van der Waals surface area contributed by atoms with E-state index in [0.29, 0.717) is 90.9 Å². The summed E-state index contributed by atoms with van der Waals surface area (Å²) in [4.78, 5) is 37.3. The molecular weight excluding hydrogens is 977 g/mol. The number of alkyl halides is 2. The minimum absolute atomic E-state index is 0.0155. The number of rotatable bonds is 23. The lowest BCUT2D eigenvalue weighted by atomic mass is 9.86. The van der Waals surface area contributed by atoms with E-state index in [2.05, 4.69) is 84.7 Å². The number of nitrogens with one attached hydrogen (secondary N) is 1. The van der Waals surface area contributed by atoms with Crippen molar-refractivity contribution in [3.8, 4) is 0 Å². The van der Waals surface area contributed by atoms with Crippen LogP contribution in [0.5, 0.6) is 0 Å². The van der Waals surface area contributed by atoms with Crippen molar-refractivity contribution in [1.82, 2.24) is 34.7 Å². The second kappa shape index (κ2) is 29.5. The van der Waals surface area contributed by atoms with Crippen molar-refractivity contribution >= 4 is 52.3 Å². The molecule has 0 aliphatic carbocycles. The number of aryl methyl sites for hydroxylation is 9. The SMILES string of the molecule is CCCOCc1ccc(CNC(=O)c2c(Cl)c(CC)nn2C)cc1.CCc1nn(C)c(C(=O)CCc2ccc(CCCC[18F])cc2)c1Cl.Cn1nc(CC[18F])c(Cl)c1C(=O)CCc1ccc(C(C)(C)C)cc1. The van der Waals surface area contributed by atoms with Crippen molar-refractivity contribution in [3.63, 3.8) is 0 Å². The van der Waals surface area contributed by atoms with Crippen molar-refractivity contribution in [2.75, 3.05) is 20.0 Å². The summed E-state index contributed by atoms with van der Waals surface area (Å²) in [5.74, 6) is -0.271. The van der Waals surface area contributed by atoms with Gasteiger partial charge in [-0.2, -0.15) is 15.3 Å². The molecule has 3 aromatic carbocycles. The van der Waals surface area contributed by atoms with Crippen molar-refractivity contribution < 1.29 is 27.9 Å². The average molecular weight is 1050 g/mol. The summed E-state index contributed by atoms with van der Waals surface area (Å²) in [6, 6.07) is 24.6. The van der Waals surface area contributed by atoms with Crippen LogP contribution in [0.2, 0.25) is 15.1 Å². The lowest BCUT2D eigenvalue weighted by Gasteiger charge is -2.19. The van der Waals surface area contributed by atoms with Gasteiger partial charge < -0.3 is 10.1 Å². The molecule has 3 heterocycles. The highest BCUT2D eigenvalue weighted by Gasteiger charge is 2.23. The second-order valence-electron chi connectivity index (χ2n) is 18.7. The van der Waals surface area contributed by atoms with Crippen LogP contribution in [-0.4, -0.2) is 66.8 Å². The lowest BCUT2D eigenvalue weighted by Crippen LogP contribution is -2.25. The number of unbranched alkanes of at least 4 members (excludes halogenated alkanes) is 1. The molecule has 0 saturated heterocycles. The minimum atomic E-state index is -0.537. The largest absolute Gasteiger partial charge is 0.377 e. The standard InChI is InChI=1S/2C19H24ClFN2O.C18H24ClN3O2/c1-19(2,3)14-8-5-13(6-9-14)7-10-16(24)18-17(20)15(11-12-21)22-23(18)4;1-3-16-18(20)19(23(2)22-16)17(24)12-11-15-9-7-14(8-10-15)6-4-5-13-21;1-4-10-24-12-14-8-6-13(7-9-14)11-20-18(23)17-16(19)15(5-2)21-22(17)3/h5-6,8-9H,7,10-12H2,1-4H3;7-10H,3-6,11-13H2,1-2H3;6-9H,4-5,10-12H2,1-3H3,(H,20,23)/i2*21-1;. The second-order valence-corrected chi connectivity index (χ2v) is 19.8. The van der Waals surface area contributed by atoms with Crippen LogP contribution in [-0.2, 0) is 83.0 Å². The molecule has 0 aliphatic heterocycles. The summed E-state index contributed by atoms with van der Waals surface area (Å²) < 4.78 is 34.7. The minimum Gasteiger partial charge on any atom is -0.377 e. The number of ketones is 2. The maximum atomic E-state index is 12.5. The van der Waals surface area contributed by atoms with Gasteiger partial charge in [-0.05, 0) is 90.2 Å². The molecule has 3 aromatic heterocycles. The first-order chi connectivity index (χ1) is 34.4. The van der Waals surface area contributed by atoms with Gasteiger partial charge in [0, 0.05) is 53.6 Å². The first-order valence-corrected chi connectivity index (χ1v) is 25.9. The first-order valence-electron chi connectivity index (χ1n) is 24.8. The monoisotopic (exact) mass is 1050 g/mol. The van der Waals surface area contributed by atoms with Crippen LogP contribution < -0.4 is 5.32 Å². The van der Waals surface area contributed by atoms with E-state index < -0.39 is 6.67 Å². The molecule has 6 aromatic rings. The Balaban J connectivity index is 0.000000234. The van der Waals surface area contributed by atoms with Crippen LogP contribution in [0.3, 0.4) is 0 Å². The zero-order valence-electron chi connectivity index (χ0n) is 43.4. The Hall–Kier alpha value is -5.21. The molecule has 0 spiro atoms. The van der Waals surface area contributed by atoms with E-state index in [9.17, 15) is 23.2 Å². The molecule has 6 rings (SSSR count). The Morgan fingerprint density at radius 1 is 0.569 bits per heavy atom. The predicted octanol–water partition coefficient (Wildman–Crippen LogP) is 12.9. The molecule has 0 unspecified atom stereocenters. The third kappa shape index (κ3) is 17.5. The van der Waals surface area contributed by atoms with E-state index in [1.54, 1.807) is 25.8 Å². The summed E-state index contributed by atoms with van der Waals surface area (Å²) in [5.41, 5.74) is 10.2. The first kappa shape index (κ1) is 59.4. The van der Waals surface area contributed by atoms with Crippen LogP contribution >= 0.6 is 34.8 Å². The molecule has 0 aliphatic rings. The molecule has 1 N–H and O–H groups in total. The van der Waals surface area contributed by atoms with Gasteiger partial charge in [0.1, 0.15) is 17.1 Å². The van der Waals surface area contributed by atoms with E-state index >= 15 is 0 Å². The maximum Gasteiger partial charge on any atom is 0.271 e. The zero-order chi connectivity index (χ0) is 53.0. The molecule has 0 atom stereocenters. The zero-order valence-corrected chi connectivity index (χ0v) is 45.7. The molecule has 72 heavy (non-hydrogen) atoms. The predicted molar refractivity (Wildman–Crippen MR) is 286 cm³/mol. The smallest absolute Gasteiger partial charge is 0.271 e. The van der Waals surface area contributed by atoms with Gasteiger partial charge in [0.25, 0.3) is 5.91 Å². The van der Waals surface area contributed by atoms with Gasteiger partial charge in [-0.25, -0.2) is 0 Å². The van der Waals surface area contributed by atoms with E-state index in [1.807, 2.05) is 50.2 Å². The Morgan fingerprint density at radius 3 is 1.46 bits per heavy atom. The number of hydrogen-bond acceptors (Lipinski definition) is 7. The summed E-state index contributed by atoms with van der Waals surface area (Å²) >= 11 is 18.7. The molecule has 0 bridgehead atoms. The van der Waals surface area contributed by atoms with Gasteiger partial charge in [-0.15, -0.1) is 0 Å². The maximum absolute atomic E-state index is 12.5. The summed E-state index contributed by atoms with van der Waals surface area (Å²) in [7, 11) is 5.15. The Bertz CT molecular complexity index is 2530. The number of carbonyl (C=O) groups is 3. The van der Waals surface area contributed by atoms with Gasteiger partial charge in [-0.3, -0.25) is 37.2 Å². The third-order valence-electron chi connectivity index (χ3n) is 12.0. The number of ether oxygens (including phenoxy) is 1. The molecular formula is C56H72Cl3F2N7O4. The number of nitrogens with zero attached hydrogens (tertiary/aromatic N) is 6. The third-order valence-corrected chi connectivity index (χ3v) is 13.2. The van der Waals surface area contributed by atoms with E-state index in [0.717, 1.165) is 59.5 Å². The van der Waals surface area contributed by atoms with Crippen LogP contribution in [0.15, 0.2) is 72.8 Å². The average Bonchev–Trinajstić information content (AvgIpc) is 3.94. The van der Waals surface area contributed by atoms with Gasteiger partial charge >= 0.3 is 0 Å². The van der Waals surface area contributed by atoms with Gasteiger partial charge in [0.05, 0.1) is 52.1 Å². The van der Waals surface area contributed by atoms with Crippen molar-refractivity contribution in [1.29, 1.82) is 0 Å². The number of hydrogen-bond donors (Lipinski definition) is 1. The Kier molecular flexibility index (Phi) is 24.3. The fourth-order valence-electron chi connectivity index (χ4n) is 7.79. The molecule has 11 nitrogen and oxygen atoms in total. The molecule has 390 valence electrons. The van der Waals surface area contributed by atoms with E-state index in [4.69, 9.17) is 39.5 Å². The molecule has 1 amide bonds. The van der Waals surface area contributed by atoms with Gasteiger partial charge in [0.2, 0.25) is 0 Å². The normalized spacial score (nSPS) is 11.2. The number of aromatic nitrogens is 6. The summed E-state index contributed by atoms with van der Waals surface area (Å²) in [6.07, 6.45) is 7.00. The Labute approximate surface area is 440 Å². The molecule has 0 saturated carbocycles. The molecule has 0 fully saturated rings.